The van der Waals surface area contributed by atoms with Crippen LogP contribution in [0.25, 0.3) is 22.2 Å². The number of benzene rings is 2. The van der Waals surface area contributed by atoms with Crippen molar-refractivity contribution in [1.29, 1.82) is 5.26 Å². The van der Waals surface area contributed by atoms with E-state index in [1.54, 1.807) is 30.3 Å². The van der Waals surface area contributed by atoms with Gasteiger partial charge >= 0.3 is 6.61 Å². The number of ether oxygens (including phenoxy) is 2. The lowest BCUT2D eigenvalue weighted by molar-refractivity contribution is -0.0516. The van der Waals surface area contributed by atoms with E-state index in [9.17, 15) is 18.8 Å². The second-order valence-electron chi connectivity index (χ2n) is 7.81. The molecule has 2 N–H and O–H groups in total. The van der Waals surface area contributed by atoms with Gasteiger partial charge in [-0.3, -0.25) is 4.79 Å². The fourth-order valence-corrected chi connectivity index (χ4v) is 3.82. The number of aromatic amines is 2. The van der Waals surface area contributed by atoms with Gasteiger partial charge in [-0.2, -0.15) is 19.1 Å². The van der Waals surface area contributed by atoms with E-state index in [4.69, 9.17) is 4.74 Å². The normalized spacial score (nSPS) is 13.3. The van der Waals surface area contributed by atoms with Crippen molar-refractivity contribution in [1.82, 2.24) is 15.2 Å². The van der Waals surface area contributed by atoms with E-state index >= 15 is 0 Å². The molecular formula is C24H18F2N4O3. The number of nitriles is 1. The molecule has 0 spiro atoms. The third kappa shape index (κ3) is 4.28. The topological polar surface area (TPSA) is 104 Å². The summed E-state index contributed by atoms with van der Waals surface area (Å²) in [7, 11) is 0. The predicted octanol–water partition coefficient (Wildman–Crippen LogP) is 4.52. The number of aromatic nitrogens is 3. The highest BCUT2D eigenvalue weighted by Crippen LogP contribution is 2.39. The van der Waals surface area contributed by atoms with E-state index < -0.39 is 6.61 Å². The zero-order valence-electron chi connectivity index (χ0n) is 17.3. The standard InChI is InChI=1S/C24H18F2N4O3/c25-24(26)33-19-7-4-15(10-20(19)32-16-5-6-16)22-17(9-13-2-1-3-14(8-13)11-27)21-18(29-22)12-28-30-23(21)31/h1-4,7-8,10,12,16,24,29H,5-6,9H2,(H,30,31). The van der Waals surface area contributed by atoms with Gasteiger partial charge in [0.1, 0.15) is 0 Å². The minimum absolute atomic E-state index is 0.0248. The summed E-state index contributed by atoms with van der Waals surface area (Å²) in [6, 6.07) is 14.0. The molecule has 0 aliphatic heterocycles. The maximum atomic E-state index is 12.9. The van der Waals surface area contributed by atoms with E-state index in [1.165, 1.54) is 12.3 Å². The second kappa shape index (κ2) is 8.39. The van der Waals surface area contributed by atoms with Crippen LogP contribution in [-0.2, 0) is 6.42 Å². The molecule has 0 unspecified atom stereocenters. The van der Waals surface area contributed by atoms with E-state index in [0.29, 0.717) is 39.7 Å². The Bertz CT molecular complexity index is 1430. The Morgan fingerprint density at radius 2 is 2.03 bits per heavy atom. The van der Waals surface area contributed by atoms with Crippen LogP contribution in [-0.4, -0.2) is 27.9 Å². The highest BCUT2D eigenvalue weighted by Gasteiger charge is 2.26. The van der Waals surface area contributed by atoms with Gasteiger partial charge in [0.2, 0.25) is 0 Å². The summed E-state index contributed by atoms with van der Waals surface area (Å²) in [6.07, 6.45) is 3.57. The molecule has 0 radical (unpaired) electrons. The average molecular weight is 448 g/mol. The molecule has 0 saturated heterocycles. The molecule has 0 atom stereocenters. The van der Waals surface area contributed by atoms with Crippen molar-refractivity contribution in [2.45, 2.75) is 32.0 Å². The second-order valence-corrected chi connectivity index (χ2v) is 7.81. The van der Waals surface area contributed by atoms with Gasteiger partial charge in [-0.05, 0) is 54.3 Å². The SMILES string of the molecule is N#Cc1cccc(Cc2c(-c3ccc(OC(F)F)c(OC4CC4)c3)[nH]c3cn[nH]c(=O)c23)c1. The Kier molecular flexibility index (Phi) is 5.26. The number of fused-ring (bicyclic) bond motifs is 1. The van der Waals surface area contributed by atoms with Crippen LogP contribution in [0, 0.1) is 11.3 Å². The first-order valence-corrected chi connectivity index (χ1v) is 10.3. The van der Waals surface area contributed by atoms with Crippen LogP contribution in [0.1, 0.15) is 29.5 Å². The van der Waals surface area contributed by atoms with Gasteiger partial charge in [-0.15, -0.1) is 0 Å². The van der Waals surface area contributed by atoms with E-state index in [2.05, 4.69) is 26.0 Å². The van der Waals surface area contributed by atoms with Gasteiger partial charge < -0.3 is 14.5 Å². The van der Waals surface area contributed by atoms with Crippen LogP contribution in [0.3, 0.4) is 0 Å². The van der Waals surface area contributed by atoms with Crippen molar-refractivity contribution < 1.29 is 18.3 Å². The maximum absolute atomic E-state index is 12.9. The Morgan fingerprint density at radius 1 is 1.18 bits per heavy atom. The number of hydrogen-bond acceptors (Lipinski definition) is 5. The Morgan fingerprint density at radius 3 is 2.79 bits per heavy atom. The molecule has 0 amide bonds. The Labute approximate surface area is 186 Å². The van der Waals surface area contributed by atoms with Gasteiger partial charge in [0.25, 0.3) is 5.56 Å². The third-order valence-corrected chi connectivity index (χ3v) is 5.42. The highest BCUT2D eigenvalue weighted by molar-refractivity contribution is 5.90. The molecular weight excluding hydrogens is 430 g/mol. The van der Waals surface area contributed by atoms with E-state index in [-0.39, 0.29) is 23.2 Å². The van der Waals surface area contributed by atoms with Crippen LogP contribution in [0.5, 0.6) is 11.5 Å². The van der Waals surface area contributed by atoms with E-state index in [0.717, 1.165) is 18.4 Å². The first kappa shape index (κ1) is 20.7. The molecule has 2 aromatic carbocycles. The smallest absolute Gasteiger partial charge is 0.387 e. The van der Waals surface area contributed by atoms with Crippen molar-refractivity contribution in [2.75, 3.05) is 0 Å². The lowest BCUT2D eigenvalue weighted by Crippen LogP contribution is -2.08. The Balaban J connectivity index is 1.64. The van der Waals surface area contributed by atoms with Crippen LogP contribution in [0.15, 0.2) is 53.5 Å². The molecule has 1 aliphatic rings. The number of halogens is 2. The molecule has 33 heavy (non-hydrogen) atoms. The van der Waals surface area contributed by atoms with Crippen molar-refractivity contribution in [3.8, 4) is 28.8 Å². The van der Waals surface area contributed by atoms with Crippen LogP contribution in [0.2, 0.25) is 0 Å². The molecule has 166 valence electrons. The van der Waals surface area contributed by atoms with Crippen LogP contribution in [0.4, 0.5) is 8.78 Å². The quantitative estimate of drug-likeness (QED) is 0.433. The van der Waals surface area contributed by atoms with Gasteiger partial charge in [-0.25, -0.2) is 5.10 Å². The molecule has 5 rings (SSSR count). The molecule has 7 nitrogen and oxygen atoms in total. The zero-order chi connectivity index (χ0) is 22.9. The predicted molar refractivity (Wildman–Crippen MR) is 116 cm³/mol. The number of rotatable bonds is 7. The number of alkyl halides is 2. The molecule has 4 aromatic rings. The summed E-state index contributed by atoms with van der Waals surface area (Å²) in [5, 5.41) is 16.0. The number of H-pyrrole nitrogens is 2. The summed E-state index contributed by atoms with van der Waals surface area (Å²) in [4.78, 5) is 15.9. The molecule has 9 heteroatoms. The van der Waals surface area contributed by atoms with Crippen molar-refractivity contribution in [2.24, 2.45) is 0 Å². The monoisotopic (exact) mass is 448 g/mol. The van der Waals surface area contributed by atoms with Crippen LogP contribution < -0.4 is 15.0 Å². The maximum Gasteiger partial charge on any atom is 0.387 e. The highest BCUT2D eigenvalue weighted by atomic mass is 19.3. The number of hydrogen-bond donors (Lipinski definition) is 2. The van der Waals surface area contributed by atoms with Crippen LogP contribution >= 0.6 is 0 Å². The van der Waals surface area contributed by atoms with Crippen molar-refractivity contribution in [3.63, 3.8) is 0 Å². The van der Waals surface area contributed by atoms with Gasteiger partial charge in [0, 0.05) is 12.0 Å². The van der Waals surface area contributed by atoms with Gasteiger partial charge in [0.15, 0.2) is 11.5 Å². The van der Waals surface area contributed by atoms with E-state index in [1.807, 2.05) is 6.07 Å². The lowest BCUT2D eigenvalue weighted by Gasteiger charge is -2.14. The minimum atomic E-state index is -2.97. The first-order valence-electron chi connectivity index (χ1n) is 10.3. The fraction of sp³-hybridized carbons (Fsp3) is 0.208. The number of nitrogens with zero attached hydrogens (tertiary/aromatic N) is 2. The third-order valence-electron chi connectivity index (χ3n) is 5.42. The zero-order valence-corrected chi connectivity index (χ0v) is 17.3. The summed E-state index contributed by atoms with van der Waals surface area (Å²) in [5.74, 6) is 0.179. The minimum Gasteiger partial charge on any atom is -0.487 e. The molecule has 0 bridgehead atoms. The fourth-order valence-electron chi connectivity index (χ4n) is 3.82. The van der Waals surface area contributed by atoms with Crippen molar-refractivity contribution in [3.05, 3.63) is 75.7 Å². The molecule has 2 aromatic heterocycles. The summed E-state index contributed by atoms with van der Waals surface area (Å²) >= 11 is 0. The largest absolute Gasteiger partial charge is 0.487 e. The summed E-state index contributed by atoms with van der Waals surface area (Å²) < 4.78 is 36.2. The average Bonchev–Trinajstić information content (AvgIpc) is 3.54. The summed E-state index contributed by atoms with van der Waals surface area (Å²) in [6.45, 7) is -2.97. The molecule has 2 heterocycles. The Hall–Kier alpha value is -4.19. The molecule has 1 saturated carbocycles. The van der Waals surface area contributed by atoms with Gasteiger partial charge in [-0.1, -0.05) is 12.1 Å². The van der Waals surface area contributed by atoms with Crippen molar-refractivity contribution >= 4 is 10.9 Å². The lowest BCUT2D eigenvalue weighted by atomic mass is 9.98. The molecule has 1 fully saturated rings. The number of nitrogens with one attached hydrogen (secondary N) is 2. The molecule has 1 aliphatic carbocycles. The van der Waals surface area contributed by atoms with Gasteiger partial charge in [0.05, 0.1) is 40.5 Å². The summed E-state index contributed by atoms with van der Waals surface area (Å²) in [5.41, 5.74) is 3.52. The first-order chi connectivity index (χ1) is 16.0.